The standard InChI is InChI=1S/C15H24N2O3/c1-9(2)12-11(16-8-20-12)13(18)17-10-7-15(5,19-6)14(10,3)4/h8-10H,7H2,1-6H3,(H,17,18)/t10-,15+/m0/s1. The summed E-state index contributed by atoms with van der Waals surface area (Å²) in [5, 5.41) is 3.05. The molecule has 20 heavy (non-hydrogen) atoms. The molecular weight excluding hydrogens is 256 g/mol. The van der Waals surface area contributed by atoms with Gasteiger partial charge >= 0.3 is 0 Å². The number of carbonyl (C=O) groups excluding carboxylic acids is 1. The molecule has 1 aliphatic carbocycles. The number of rotatable bonds is 4. The number of nitrogens with zero attached hydrogens (tertiary/aromatic N) is 1. The molecule has 112 valence electrons. The highest BCUT2D eigenvalue weighted by Crippen LogP contribution is 2.51. The van der Waals surface area contributed by atoms with Gasteiger partial charge in [0.1, 0.15) is 5.76 Å². The minimum Gasteiger partial charge on any atom is -0.447 e. The van der Waals surface area contributed by atoms with Crippen molar-refractivity contribution in [3.8, 4) is 0 Å². The quantitative estimate of drug-likeness (QED) is 0.921. The van der Waals surface area contributed by atoms with E-state index in [1.165, 1.54) is 6.39 Å². The van der Waals surface area contributed by atoms with Gasteiger partial charge in [-0.05, 0) is 13.3 Å². The molecule has 2 atom stereocenters. The first-order chi connectivity index (χ1) is 9.23. The fraction of sp³-hybridized carbons (Fsp3) is 0.733. The number of methoxy groups -OCH3 is 1. The molecule has 0 saturated heterocycles. The Morgan fingerprint density at radius 1 is 1.50 bits per heavy atom. The lowest BCUT2D eigenvalue weighted by molar-refractivity contribution is -0.177. The number of amides is 1. The van der Waals surface area contributed by atoms with Gasteiger partial charge in [0.05, 0.1) is 5.60 Å². The van der Waals surface area contributed by atoms with Crippen LogP contribution in [0.15, 0.2) is 10.8 Å². The predicted molar refractivity (Wildman–Crippen MR) is 75.7 cm³/mol. The second kappa shape index (κ2) is 4.88. The van der Waals surface area contributed by atoms with Gasteiger partial charge < -0.3 is 14.5 Å². The van der Waals surface area contributed by atoms with E-state index in [1.54, 1.807) is 7.11 Å². The first-order valence-corrected chi connectivity index (χ1v) is 7.02. The van der Waals surface area contributed by atoms with E-state index in [0.717, 1.165) is 6.42 Å². The van der Waals surface area contributed by atoms with Crippen molar-refractivity contribution in [1.29, 1.82) is 0 Å². The highest BCUT2D eigenvalue weighted by molar-refractivity contribution is 5.93. The van der Waals surface area contributed by atoms with Gasteiger partial charge in [-0.25, -0.2) is 4.98 Å². The van der Waals surface area contributed by atoms with Crippen LogP contribution in [-0.4, -0.2) is 29.6 Å². The zero-order valence-corrected chi connectivity index (χ0v) is 13.1. The third-order valence-electron chi connectivity index (χ3n) is 4.92. The highest BCUT2D eigenvalue weighted by atomic mass is 16.5. The SMILES string of the molecule is CO[C@]1(C)C[C@H](NC(=O)c2ncoc2C(C)C)C1(C)C. The lowest BCUT2D eigenvalue weighted by Crippen LogP contribution is -2.68. The van der Waals surface area contributed by atoms with Crippen LogP contribution in [0.2, 0.25) is 0 Å². The largest absolute Gasteiger partial charge is 0.447 e. The summed E-state index contributed by atoms with van der Waals surface area (Å²) in [7, 11) is 1.72. The van der Waals surface area contributed by atoms with Crippen LogP contribution in [0.3, 0.4) is 0 Å². The van der Waals surface area contributed by atoms with E-state index in [-0.39, 0.29) is 28.9 Å². The van der Waals surface area contributed by atoms with Crippen molar-refractivity contribution < 1.29 is 13.9 Å². The van der Waals surface area contributed by atoms with Crippen LogP contribution < -0.4 is 5.32 Å². The summed E-state index contributed by atoms with van der Waals surface area (Å²) in [6.07, 6.45) is 2.13. The summed E-state index contributed by atoms with van der Waals surface area (Å²) in [6.45, 7) is 10.2. The number of carbonyl (C=O) groups is 1. The summed E-state index contributed by atoms with van der Waals surface area (Å²) in [4.78, 5) is 16.4. The number of ether oxygens (including phenoxy) is 1. The Bertz CT molecular complexity index is 507. The lowest BCUT2D eigenvalue weighted by atomic mass is 9.56. The van der Waals surface area contributed by atoms with Crippen molar-refractivity contribution in [2.24, 2.45) is 5.41 Å². The van der Waals surface area contributed by atoms with Crippen LogP contribution in [0.25, 0.3) is 0 Å². The molecule has 5 nitrogen and oxygen atoms in total. The molecule has 0 aromatic carbocycles. The Morgan fingerprint density at radius 3 is 2.65 bits per heavy atom. The fourth-order valence-electron chi connectivity index (χ4n) is 2.78. The van der Waals surface area contributed by atoms with E-state index in [4.69, 9.17) is 9.15 Å². The summed E-state index contributed by atoms with van der Waals surface area (Å²) in [5.74, 6) is 0.602. The molecule has 0 unspecified atom stereocenters. The number of nitrogens with one attached hydrogen (secondary N) is 1. The van der Waals surface area contributed by atoms with Gasteiger partial charge in [0.2, 0.25) is 0 Å². The number of hydrogen-bond acceptors (Lipinski definition) is 4. The van der Waals surface area contributed by atoms with Crippen LogP contribution in [0, 0.1) is 5.41 Å². The summed E-state index contributed by atoms with van der Waals surface area (Å²) in [6, 6.07) is 0.0802. The lowest BCUT2D eigenvalue weighted by Gasteiger charge is -2.59. The van der Waals surface area contributed by atoms with Gasteiger partial charge in [-0.3, -0.25) is 4.79 Å². The van der Waals surface area contributed by atoms with Crippen molar-refractivity contribution in [2.45, 2.75) is 58.6 Å². The molecule has 1 fully saturated rings. The van der Waals surface area contributed by atoms with E-state index in [9.17, 15) is 4.79 Å². The van der Waals surface area contributed by atoms with Crippen LogP contribution in [0.4, 0.5) is 0 Å². The van der Waals surface area contributed by atoms with E-state index in [0.29, 0.717) is 11.5 Å². The minimum atomic E-state index is -0.199. The molecule has 1 saturated carbocycles. The van der Waals surface area contributed by atoms with Gasteiger partial charge in [0.25, 0.3) is 5.91 Å². The molecule has 5 heteroatoms. The normalized spacial score (nSPS) is 28.2. The average molecular weight is 280 g/mol. The number of aromatic nitrogens is 1. The van der Waals surface area contributed by atoms with Gasteiger partial charge in [0.15, 0.2) is 12.1 Å². The molecular formula is C15H24N2O3. The van der Waals surface area contributed by atoms with Gasteiger partial charge in [-0.1, -0.05) is 27.7 Å². The van der Waals surface area contributed by atoms with E-state index in [1.807, 2.05) is 13.8 Å². The van der Waals surface area contributed by atoms with Crippen LogP contribution in [-0.2, 0) is 4.74 Å². The zero-order chi connectivity index (χ0) is 15.1. The van der Waals surface area contributed by atoms with Gasteiger partial charge in [-0.2, -0.15) is 0 Å². The predicted octanol–water partition coefficient (Wildman–Crippen LogP) is 2.73. The zero-order valence-electron chi connectivity index (χ0n) is 13.1. The summed E-state index contributed by atoms with van der Waals surface area (Å²) in [5.41, 5.74) is 0.0798. The maximum atomic E-state index is 12.3. The smallest absolute Gasteiger partial charge is 0.273 e. The molecule has 2 rings (SSSR count). The minimum absolute atomic E-state index is 0.0802. The van der Waals surface area contributed by atoms with Crippen molar-refractivity contribution in [3.63, 3.8) is 0 Å². The summed E-state index contributed by atoms with van der Waals surface area (Å²) < 4.78 is 10.9. The third kappa shape index (κ3) is 2.14. The molecule has 0 radical (unpaired) electrons. The molecule has 0 spiro atoms. The van der Waals surface area contributed by atoms with Crippen LogP contribution in [0.5, 0.6) is 0 Å². The first kappa shape index (κ1) is 15.0. The Balaban J connectivity index is 2.09. The van der Waals surface area contributed by atoms with Crippen LogP contribution in [0.1, 0.15) is 63.2 Å². The van der Waals surface area contributed by atoms with Gasteiger partial charge in [-0.15, -0.1) is 0 Å². The molecule has 0 aliphatic heterocycles. The summed E-state index contributed by atoms with van der Waals surface area (Å²) >= 11 is 0. The first-order valence-electron chi connectivity index (χ1n) is 7.02. The molecule has 1 N–H and O–H groups in total. The Labute approximate surface area is 120 Å². The van der Waals surface area contributed by atoms with Crippen LogP contribution >= 0.6 is 0 Å². The van der Waals surface area contributed by atoms with Crippen molar-refractivity contribution in [3.05, 3.63) is 17.8 Å². The Morgan fingerprint density at radius 2 is 2.15 bits per heavy atom. The number of oxazole rings is 1. The third-order valence-corrected chi connectivity index (χ3v) is 4.92. The Kier molecular flexibility index (Phi) is 3.67. The molecule has 1 aliphatic rings. The molecule has 1 aromatic heterocycles. The molecule has 1 heterocycles. The monoisotopic (exact) mass is 280 g/mol. The average Bonchev–Trinajstić information content (AvgIpc) is 2.87. The Hall–Kier alpha value is -1.36. The molecule has 1 amide bonds. The molecule has 0 bridgehead atoms. The maximum Gasteiger partial charge on any atom is 0.273 e. The highest BCUT2D eigenvalue weighted by Gasteiger charge is 2.58. The van der Waals surface area contributed by atoms with Crippen molar-refractivity contribution in [2.75, 3.05) is 7.11 Å². The van der Waals surface area contributed by atoms with E-state index >= 15 is 0 Å². The number of hydrogen-bond donors (Lipinski definition) is 1. The topological polar surface area (TPSA) is 64.4 Å². The van der Waals surface area contributed by atoms with Gasteiger partial charge in [0, 0.05) is 24.5 Å². The second-order valence-electron chi connectivity index (χ2n) is 6.61. The van der Waals surface area contributed by atoms with E-state index in [2.05, 4.69) is 31.1 Å². The molecule has 1 aromatic rings. The van der Waals surface area contributed by atoms with Crippen molar-refractivity contribution >= 4 is 5.91 Å². The fourth-order valence-corrected chi connectivity index (χ4v) is 2.78. The second-order valence-corrected chi connectivity index (χ2v) is 6.61. The van der Waals surface area contributed by atoms with E-state index < -0.39 is 0 Å². The maximum absolute atomic E-state index is 12.3. The van der Waals surface area contributed by atoms with Crippen molar-refractivity contribution in [1.82, 2.24) is 10.3 Å².